The molecule has 9 heteroatoms. The van der Waals surface area contributed by atoms with E-state index < -0.39 is 17.9 Å². The normalized spacial score (nSPS) is 10.7. The van der Waals surface area contributed by atoms with Crippen molar-refractivity contribution in [3.05, 3.63) is 57.6 Å². The van der Waals surface area contributed by atoms with Crippen LogP contribution in [0, 0.1) is 0 Å². The van der Waals surface area contributed by atoms with Gasteiger partial charge in [0.25, 0.3) is 0 Å². The zero-order chi connectivity index (χ0) is 23.7. The second-order valence-corrected chi connectivity index (χ2v) is 7.71. The van der Waals surface area contributed by atoms with Crippen LogP contribution in [-0.4, -0.2) is 49.1 Å². The van der Waals surface area contributed by atoms with Gasteiger partial charge in [-0.05, 0) is 58.8 Å². The number of esters is 3. The van der Waals surface area contributed by atoms with Gasteiger partial charge < -0.3 is 19.9 Å². The Labute approximate surface area is 195 Å². The summed E-state index contributed by atoms with van der Waals surface area (Å²) in [7, 11) is 0. The number of nitrogens with zero attached hydrogens (tertiary/aromatic N) is 1. The summed E-state index contributed by atoms with van der Waals surface area (Å²) in [6.07, 6.45) is 0. The van der Waals surface area contributed by atoms with Crippen molar-refractivity contribution in [3.8, 4) is 5.75 Å². The summed E-state index contributed by atoms with van der Waals surface area (Å²) in [6, 6.07) is 9.55. The Kier molecular flexibility index (Phi) is 9.67. The molecule has 0 unspecified atom stereocenters. The molecule has 172 valence electrons. The zero-order valence-corrected chi connectivity index (χ0v) is 19.9. The number of benzene rings is 2. The molecule has 8 nitrogen and oxygen atoms in total. The summed E-state index contributed by atoms with van der Waals surface area (Å²) in [5.74, 6) is -1.68. The number of hydrogen-bond donors (Lipinski definition) is 1. The number of carbonyl (C=O) groups is 3. The number of nitrogens with two attached hydrogens (primary N) is 1. The van der Waals surface area contributed by atoms with Gasteiger partial charge in [-0.3, -0.25) is 9.69 Å². The highest BCUT2D eigenvalue weighted by Gasteiger charge is 2.17. The maximum absolute atomic E-state index is 12.5. The first kappa shape index (κ1) is 25.4. The first-order chi connectivity index (χ1) is 15.3. The Hall–Kier alpha value is -2.91. The number of carbonyl (C=O) groups excluding carboxylic acids is 3. The van der Waals surface area contributed by atoms with Gasteiger partial charge in [-0.2, -0.15) is 0 Å². The SMILES string of the molecule is CCN(CC)Cc1cc(C(=O)OCCOC(=O)c2ccccc2OC(C)=O)cc(Br)c1N. The van der Waals surface area contributed by atoms with Crippen LogP contribution in [0.15, 0.2) is 40.9 Å². The van der Waals surface area contributed by atoms with Crippen LogP contribution in [0.4, 0.5) is 5.69 Å². The molecule has 32 heavy (non-hydrogen) atoms. The predicted molar refractivity (Wildman–Crippen MR) is 123 cm³/mol. The first-order valence-electron chi connectivity index (χ1n) is 10.2. The average molecular weight is 507 g/mol. The van der Waals surface area contributed by atoms with E-state index in [-0.39, 0.29) is 24.5 Å². The van der Waals surface area contributed by atoms with Crippen LogP contribution in [0.1, 0.15) is 47.1 Å². The maximum atomic E-state index is 12.5. The van der Waals surface area contributed by atoms with Crippen LogP contribution in [0.25, 0.3) is 0 Å². The van der Waals surface area contributed by atoms with Crippen molar-refractivity contribution in [2.24, 2.45) is 0 Å². The van der Waals surface area contributed by atoms with Crippen LogP contribution in [0.2, 0.25) is 0 Å². The van der Waals surface area contributed by atoms with E-state index in [0.29, 0.717) is 22.3 Å². The monoisotopic (exact) mass is 506 g/mol. The molecule has 0 amide bonds. The third-order valence-corrected chi connectivity index (χ3v) is 5.31. The molecular formula is C23H27BrN2O6. The van der Waals surface area contributed by atoms with Gasteiger partial charge in [-0.15, -0.1) is 0 Å². The van der Waals surface area contributed by atoms with Gasteiger partial charge >= 0.3 is 17.9 Å². The molecule has 0 atom stereocenters. The lowest BCUT2D eigenvalue weighted by Crippen LogP contribution is -2.23. The minimum absolute atomic E-state index is 0.106. The molecule has 2 rings (SSSR count). The highest BCUT2D eigenvalue weighted by molar-refractivity contribution is 9.10. The second kappa shape index (κ2) is 12.2. The number of ether oxygens (including phenoxy) is 3. The Balaban J connectivity index is 1.95. The molecule has 0 aliphatic carbocycles. The summed E-state index contributed by atoms with van der Waals surface area (Å²) < 4.78 is 16.0. The third kappa shape index (κ3) is 7.06. The minimum atomic E-state index is -0.686. The lowest BCUT2D eigenvalue weighted by atomic mass is 10.1. The summed E-state index contributed by atoms with van der Waals surface area (Å²) in [6.45, 7) is 7.39. The topological polar surface area (TPSA) is 108 Å². The molecule has 2 N–H and O–H groups in total. The molecule has 0 saturated carbocycles. The lowest BCUT2D eigenvalue weighted by Gasteiger charge is -2.20. The van der Waals surface area contributed by atoms with Gasteiger partial charge in [0.1, 0.15) is 24.5 Å². The molecule has 0 aliphatic heterocycles. The number of rotatable bonds is 10. The fourth-order valence-electron chi connectivity index (χ4n) is 2.92. The van der Waals surface area contributed by atoms with Crippen LogP contribution in [0.3, 0.4) is 0 Å². The van der Waals surface area contributed by atoms with E-state index in [1.165, 1.54) is 19.1 Å². The lowest BCUT2D eigenvalue weighted by molar-refractivity contribution is -0.131. The smallest absolute Gasteiger partial charge is 0.342 e. The van der Waals surface area contributed by atoms with E-state index in [2.05, 4.69) is 34.7 Å². The van der Waals surface area contributed by atoms with Crippen molar-refractivity contribution >= 4 is 39.5 Å². The van der Waals surface area contributed by atoms with Crippen molar-refractivity contribution in [1.29, 1.82) is 0 Å². The summed E-state index contributed by atoms with van der Waals surface area (Å²) >= 11 is 3.39. The van der Waals surface area contributed by atoms with E-state index in [9.17, 15) is 14.4 Å². The Bertz CT molecular complexity index is 975. The summed E-state index contributed by atoms with van der Waals surface area (Å²) in [4.78, 5) is 38.1. The summed E-state index contributed by atoms with van der Waals surface area (Å²) in [5.41, 5.74) is 8.00. The number of para-hydroxylation sites is 1. The van der Waals surface area contributed by atoms with E-state index in [4.69, 9.17) is 19.9 Å². The van der Waals surface area contributed by atoms with E-state index >= 15 is 0 Å². The van der Waals surface area contributed by atoms with Crippen LogP contribution < -0.4 is 10.5 Å². The molecule has 2 aromatic carbocycles. The molecule has 0 saturated heterocycles. The van der Waals surface area contributed by atoms with Crippen molar-refractivity contribution < 1.29 is 28.6 Å². The number of nitrogen functional groups attached to an aromatic ring is 1. The van der Waals surface area contributed by atoms with Gasteiger partial charge in [0.2, 0.25) is 0 Å². The van der Waals surface area contributed by atoms with Gasteiger partial charge in [0, 0.05) is 17.9 Å². The molecule has 0 fully saturated rings. The Morgan fingerprint density at radius 1 is 1.00 bits per heavy atom. The van der Waals surface area contributed by atoms with Crippen molar-refractivity contribution in [2.75, 3.05) is 32.0 Å². The molecule has 0 heterocycles. The Morgan fingerprint density at radius 3 is 2.25 bits per heavy atom. The van der Waals surface area contributed by atoms with Crippen LogP contribution in [-0.2, 0) is 20.8 Å². The fraction of sp³-hybridized carbons (Fsp3) is 0.348. The van der Waals surface area contributed by atoms with E-state index in [1.54, 1.807) is 24.3 Å². The Morgan fingerprint density at radius 2 is 1.62 bits per heavy atom. The highest BCUT2D eigenvalue weighted by Crippen LogP contribution is 2.27. The first-order valence-corrected chi connectivity index (χ1v) is 11.0. The van der Waals surface area contributed by atoms with Gasteiger partial charge in [0.15, 0.2) is 0 Å². The number of halogens is 1. The van der Waals surface area contributed by atoms with Crippen molar-refractivity contribution in [2.45, 2.75) is 27.3 Å². The molecule has 0 bridgehead atoms. The minimum Gasteiger partial charge on any atom is -0.458 e. The van der Waals surface area contributed by atoms with E-state index in [0.717, 1.165) is 18.7 Å². The molecule has 2 aromatic rings. The van der Waals surface area contributed by atoms with Gasteiger partial charge in [-0.25, -0.2) is 9.59 Å². The largest absolute Gasteiger partial charge is 0.458 e. The number of hydrogen-bond acceptors (Lipinski definition) is 8. The zero-order valence-electron chi connectivity index (χ0n) is 18.4. The third-order valence-electron chi connectivity index (χ3n) is 4.65. The maximum Gasteiger partial charge on any atom is 0.342 e. The molecule has 0 radical (unpaired) electrons. The molecule has 0 aromatic heterocycles. The van der Waals surface area contributed by atoms with Crippen LogP contribution in [0.5, 0.6) is 5.75 Å². The average Bonchev–Trinajstić information content (AvgIpc) is 2.77. The fourth-order valence-corrected chi connectivity index (χ4v) is 3.42. The number of anilines is 1. The highest BCUT2D eigenvalue weighted by atomic mass is 79.9. The van der Waals surface area contributed by atoms with Crippen molar-refractivity contribution in [1.82, 2.24) is 4.90 Å². The molecule has 0 aliphatic rings. The van der Waals surface area contributed by atoms with Crippen LogP contribution >= 0.6 is 15.9 Å². The molecular weight excluding hydrogens is 480 g/mol. The molecule has 0 spiro atoms. The van der Waals surface area contributed by atoms with E-state index in [1.807, 2.05) is 0 Å². The quantitative estimate of drug-likeness (QED) is 0.224. The predicted octanol–water partition coefficient (Wildman–Crippen LogP) is 3.81. The summed E-state index contributed by atoms with van der Waals surface area (Å²) in [5, 5.41) is 0. The van der Waals surface area contributed by atoms with Crippen molar-refractivity contribution in [3.63, 3.8) is 0 Å². The van der Waals surface area contributed by atoms with Gasteiger partial charge in [0.05, 0.1) is 11.3 Å². The second-order valence-electron chi connectivity index (χ2n) is 6.85. The van der Waals surface area contributed by atoms with Gasteiger partial charge in [-0.1, -0.05) is 26.0 Å². The standard InChI is InChI=1S/C23H27BrN2O6/c1-4-26(5-2)14-17-12-16(13-19(24)21(17)25)22(28)30-10-11-31-23(29)18-8-6-7-9-20(18)32-15(3)27/h6-9,12-13H,4-5,10-11,14,25H2,1-3H3.